The van der Waals surface area contributed by atoms with E-state index in [1.54, 1.807) is 0 Å². The van der Waals surface area contributed by atoms with Crippen LogP contribution in [0.4, 0.5) is 0 Å². The lowest BCUT2D eigenvalue weighted by atomic mass is 10.0. The van der Waals surface area contributed by atoms with Gasteiger partial charge in [0.1, 0.15) is 6.04 Å². The van der Waals surface area contributed by atoms with Crippen LogP contribution in [0.5, 0.6) is 0 Å². The second-order valence-corrected chi connectivity index (χ2v) is 4.67. The fraction of sp³-hybridized carbons (Fsp3) is 0.667. The van der Waals surface area contributed by atoms with Crippen LogP contribution in [0.3, 0.4) is 0 Å². The van der Waals surface area contributed by atoms with Gasteiger partial charge in [0.05, 0.1) is 6.61 Å². The van der Waals surface area contributed by atoms with Crippen molar-refractivity contribution in [3.63, 3.8) is 0 Å². The number of hydrogen-bond donors (Lipinski definition) is 3. The monoisotopic (exact) mass is 302 g/mol. The van der Waals surface area contributed by atoms with Gasteiger partial charge in [-0.3, -0.25) is 9.59 Å². The SMILES string of the molecule is COCC(NC(=O)C(=O)N1CCCC[C@@H]1C(=O)O)C(=O)O. The van der Waals surface area contributed by atoms with Gasteiger partial charge in [-0.05, 0) is 19.3 Å². The number of carbonyl (C=O) groups excluding carboxylic acids is 2. The fourth-order valence-corrected chi connectivity index (χ4v) is 2.12. The van der Waals surface area contributed by atoms with Crippen molar-refractivity contribution >= 4 is 23.8 Å². The zero-order chi connectivity index (χ0) is 16.0. The normalized spacial score (nSPS) is 19.7. The van der Waals surface area contributed by atoms with Gasteiger partial charge >= 0.3 is 23.8 Å². The van der Waals surface area contributed by atoms with E-state index in [2.05, 4.69) is 4.74 Å². The van der Waals surface area contributed by atoms with Crippen molar-refractivity contribution in [3.05, 3.63) is 0 Å². The number of methoxy groups -OCH3 is 1. The molecule has 1 fully saturated rings. The summed E-state index contributed by atoms with van der Waals surface area (Å²) in [4.78, 5) is 46.7. The van der Waals surface area contributed by atoms with Gasteiger partial charge in [-0.15, -0.1) is 0 Å². The maximum absolute atomic E-state index is 12.0. The number of nitrogens with one attached hydrogen (secondary N) is 1. The molecule has 0 aromatic rings. The van der Waals surface area contributed by atoms with Crippen LogP contribution in [0.2, 0.25) is 0 Å². The third-order valence-electron chi connectivity index (χ3n) is 3.18. The van der Waals surface area contributed by atoms with E-state index in [4.69, 9.17) is 10.2 Å². The van der Waals surface area contributed by atoms with Crippen molar-refractivity contribution in [2.75, 3.05) is 20.3 Å². The molecule has 1 aliphatic heterocycles. The Morgan fingerprint density at radius 1 is 1.29 bits per heavy atom. The van der Waals surface area contributed by atoms with Crippen LogP contribution >= 0.6 is 0 Å². The van der Waals surface area contributed by atoms with Crippen LogP contribution in [0, 0.1) is 0 Å². The lowest BCUT2D eigenvalue weighted by Crippen LogP contribution is -2.55. The lowest BCUT2D eigenvalue weighted by molar-refractivity contribution is -0.157. The van der Waals surface area contributed by atoms with Crippen molar-refractivity contribution < 1.29 is 34.1 Å². The zero-order valence-electron chi connectivity index (χ0n) is 11.6. The Kier molecular flexibility index (Phi) is 6.10. The predicted octanol–water partition coefficient (Wildman–Crippen LogP) is -1.33. The highest BCUT2D eigenvalue weighted by Crippen LogP contribution is 2.17. The molecule has 1 rings (SSSR count). The quantitative estimate of drug-likeness (QED) is 0.536. The molecule has 0 aromatic heterocycles. The van der Waals surface area contributed by atoms with Crippen LogP contribution in [0.15, 0.2) is 0 Å². The summed E-state index contributed by atoms with van der Waals surface area (Å²) in [5.41, 5.74) is 0. The molecule has 0 saturated carbocycles. The minimum atomic E-state index is -1.36. The highest BCUT2D eigenvalue weighted by atomic mass is 16.5. The van der Waals surface area contributed by atoms with Gasteiger partial charge in [0.15, 0.2) is 6.04 Å². The van der Waals surface area contributed by atoms with Crippen LogP contribution in [0.25, 0.3) is 0 Å². The zero-order valence-corrected chi connectivity index (χ0v) is 11.6. The first kappa shape index (κ1) is 16.9. The molecule has 9 heteroatoms. The van der Waals surface area contributed by atoms with E-state index in [9.17, 15) is 19.2 Å². The average molecular weight is 302 g/mol. The second kappa shape index (κ2) is 7.58. The van der Waals surface area contributed by atoms with E-state index in [0.717, 1.165) is 4.90 Å². The molecule has 1 aliphatic rings. The number of piperidine rings is 1. The number of likely N-dealkylation sites (tertiary alicyclic amines) is 1. The highest BCUT2D eigenvalue weighted by Gasteiger charge is 2.36. The first-order valence-corrected chi connectivity index (χ1v) is 6.44. The number of hydrogen-bond acceptors (Lipinski definition) is 5. The molecular formula is C12H18N2O7. The summed E-state index contributed by atoms with van der Waals surface area (Å²) in [5.74, 6) is -4.70. The topological polar surface area (TPSA) is 133 Å². The Bertz CT molecular complexity index is 437. The van der Waals surface area contributed by atoms with Crippen molar-refractivity contribution in [2.24, 2.45) is 0 Å². The molecule has 0 bridgehead atoms. The second-order valence-electron chi connectivity index (χ2n) is 4.67. The summed E-state index contributed by atoms with van der Waals surface area (Å²) in [7, 11) is 1.26. The van der Waals surface area contributed by atoms with Crippen LogP contribution in [-0.4, -0.2) is 71.2 Å². The van der Waals surface area contributed by atoms with Crippen LogP contribution < -0.4 is 5.32 Å². The third-order valence-corrected chi connectivity index (χ3v) is 3.18. The van der Waals surface area contributed by atoms with Crippen LogP contribution in [0.1, 0.15) is 19.3 Å². The molecule has 0 aromatic carbocycles. The largest absolute Gasteiger partial charge is 0.480 e. The predicted molar refractivity (Wildman–Crippen MR) is 68.4 cm³/mol. The molecule has 0 spiro atoms. The minimum absolute atomic E-state index is 0.158. The van der Waals surface area contributed by atoms with E-state index >= 15 is 0 Å². The Morgan fingerprint density at radius 2 is 1.95 bits per heavy atom. The molecular weight excluding hydrogens is 284 g/mol. The first-order valence-electron chi connectivity index (χ1n) is 6.44. The summed E-state index contributed by atoms with van der Waals surface area (Å²) in [5, 5.41) is 20.0. The van der Waals surface area contributed by atoms with Crippen molar-refractivity contribution in [1.29, 1.82) is 0 Å². The van der Waals surface area contributed by atoms with Gasteiger partial charge in [-0.25, -0.2) is 9.59 Å². The van der Waals surface area contributed by atoms with Gasteiger partial charge in [0, 0.05) is 13.7 Å². The number of rotatable bonds is 5. The molecule has 1 saturated heterocycles. The Labute approximate surface area is 120 Å². The van der Waals surface area contributed by atoms with Gasteiger partial charge in [0.2, 0.25) is 0 Å². The average Bonchev–Trinajstić information content (AvgIpc) is 2.45. The molecule has 9 nitrogen and oxygen atoms in total. The molecule has 1 heterocycles. The molecule has 1 unspecified atom stereocenters. The Morgan fingerprint density at radius 3 is 2.48 bits per heavy atom. The van der Waals surface area contributed by atoms with Gasteiger partial charge in [-0.2, -0.15) is 0 Å². The third kappa shape index (κ3) is 4.42. The van der Waals surface area contributed by atoms with Crippen molar-refractivity contribution in [1.82, 2.24) is 10.2 Å². The first-order chi connectivity index (χ1) is 9.88. The maximum atomic E-state index is 12.0. The van der Waals surface area contributed by atoms with Crippen LogP contribution in [-0.2, 0) is 23.9 Å². The molecule has 118 valence electrons. The number of ether oxygens (including phenoxy) is 1. The molecule has 0 radical (unpaired) electrons. The number of amides is 2. The van der Waals surface area contributed by atoms with Crippen molar-refractivity contribution in [2.45, 2.75) is 31.3 Å². The van der Waals surface area contributed by atoms with E-state index in [1.165, 1.54) is 7.11 Å². The van der Waals surface area contributed by atoms with E-state index < -0.39 is 35.8 Å². The summed E-state index contributed by atoms with van der Waals surface area (Å²) < 4.78 is 4.64. The van der Waals surface area contributed by atoms with E-state index in [0.29, 0.717) is 12.8 Å². The highest BCUT2D eigenvalue weighted by molar-refractivity contribution is 6.35. The summed E-state index contributed by atoms with van der Waals surface area (Å²) >= 11 is 0. The molecule has 3 N–H and O–H groups in total. The smallest absolute Gasteiger partial charge is 0.328 e. The number of aliphatic carboxylic acids is 2. The van der Waals surface area contributed by atoms with Gasteiger partial charge in [0.25, 0.3) is 0 Å². The minimum Gasteiger partial charge on any atom is -0.480 e. The fourth-order valence-electron chi connectivity index (χ4n) is 2.12. The van der Waals surface area contributed by atoms with Gasteiger partial charge < -0.3 is 25.2 Å². The molecule has 2 atom stereocenters. The summed E-state index contributed by atoms with van der Waals surface area (Å²) in [6.07, 6.45) is 1.53. The number of carbonyl (C=O) groups is 4. The number of nitrogens with zero attached hydrogens (tertiary/aromatic N) is 1. The van der Waals surface area contributed by atoms with E-state index in [1.807, 2.05) is 5.32 Å². The number of carboxylic acid groups (broad SMARTS) is 2. The molecule has 2 amide bonds. The lowest BCUT2D eigenvalue weighted by Gasteiger charge is -2.32. The Hall–Kier alpha value is -2.16. The molecule has 21 heavy (non-hydrogen) atoms. The van der Waals surface area contributed by atoms with E-state index in [-0.39, 0.29) is 19.6 Å². The standard InChI is InChI=1S/C12H18N2O7/c1-21-6-7(11(17)18)13-9(15)10(16)14-5-3-2-4-8(14)12(19)20/h7-8H,2-6H2,1H3,(H,13,15)(H,17,18)(H,19,20)/t7?,8-/m1/s1. The van der Waals surface area contributed by atoms with Gasteiger partial charge in [-0.1, -0.05) is 0 Å². The summed E-state index contributed by atoms with van der Waals surface area (Å²) in [6.45, 7) is -0.137. The number of carboxylic acids is 2. The maximum Gasteiger partial charge on any atom is 0.328 e. The summed E-state index contributed by atoms with van der Waals surface area (Å²) in [6, 6.07) is -2.41. The molecule has 0 aliphatic carbocycles. The van der Waals surface area contributed by atoms with Crippen molar-refractivity contribution in [3.8, 4) is 0 Å². The Balaban J connectivity index is 2.73.